The second-order valence-corrected chi connectivity index (χ2v) is 3.48. The lowest BCUT2D eigenvalue weighted by molar-refractivity contribution is 0.348. The maximum absolute atomic E-state index is 5.36. The van der Waals surface area contributed by atoms with Crippen molar-refractivity contribution in [2.45, 2.75) is 0 Å². The Balaban J connectivity index is 2.51. The SMILES string of the molecule is COc1c(OC)c2c(c3c1=NC=C3)C=CN=2. The van der Waals surface area contributed by atoms with Gasteiger partial charge in [-0.15, -0.1) is 0 Å². The summed E-state index contributed by atoms with van der Waals surface area (Å²) in [6.07, 6.45) is 7.45. The Morgan fingerprint density at radius 3 is 1.62 bits per heavy atom. The highest BCUT2D eigenvalue weighted by atomic mass is 16.5. The zero-order chi connectivity index (χ0) is 11.1. The quantitative estimate of drug-likeness (QED) is 0.734. The van der Waals surface area contributed by atoms with Gasteiger partial charge in [0, 0.05) is 23.5 Å². The minimum Gasteiger partial charge on any atom is -0.491 e. The van der Waals surface area contributed by atoms with Crippen LogP contribution >= 0.6 is 0 Å². The molecule has 2 heterocycles. The van der Waals surface area contributed by atoms with Crippen molar-refractivity contribution >= 4 is 12.2 Å². The highest BCUT2D eigenvalue weighted by Gasteiger charge is 2.20. The van der Waals surface area contributed by atoms with E-state index in [-0.39, 0.29) is 0 Å². The smallest absolute Gasteiger partial charge is 0.189 e. The second kappa shape index (κ2) is 3.20. The Bertz CT molecular complexity index is 585. The van der Waals surface area contributed by atoms with E-state index in [1.54, 1.807) is 26.6 Å². The molecule has 80 valence electrons. The standard InChI is InChI=1S/C12H10N2O2/c1-15-11-9-7(3-5-13-9)8-4-6-14-10(8)12(11)16-2/h3-6H,1-2H3. The first kappa shape index (κ1) is 9.15. The summed E-state index contributed by atoms with van der Waals surface area (Å²) in [6.45, 7) is 0. The Kier molecular flexibility index (Phi) is 1.83. The van der Waals surface area contributed by atoms with Crippen molar-refractivity contribution in [2.75, 3.05) is 14.2 Å². The molecule has 0 fully saturated rings. The van der Waals surface area contributed by atoms with Crippen molar-refractivity contribution in [3.05, 3.63) is 34.2 Å². The summed E-state index contributed by atoms with van der Waals surface area (Å²) in [5.74, 6) is 1.29. The van der Waals surface area contributed by atoms with Gasteiger partial charge in [0.05, 0.1) is 14.2 Å². The molecule has 0 radical (unpaired) electrons. The van der Waals surface area contributed by atoms with Crippen LogP contribution < -0.4 is 20.2 Å². The molecule has 0 aromatic heterocycles. The minimum atomic E-state index is 0.647. The molecule has 2 aliphatic rings. The maximum atomic E-state index is 5.36. The van der Waals surface area contributed by atoms with Crippen molar-refractivity contribution in [3.63, 3.8) is 0 Å². The third-order valence-electron chi connectivity index (χ3n) is 2.73. The molecule has 0 unspecified atom stereocenters. The average molecular weight is 214 g/mol. The number of methoxy groups -OCH3 is 2. The molecule has 0 N–H and O–H groups in total. The van der Waals surface area contributed by atoms with Crippen LogP contribution in [0.15, 0.2) is 22.4 Å². The minimum absolute atomic E-state index is 0.647. The van der Waals surface area contributed by atoms with Crippen molar-refractivity contribution in [3.8, 4) is 11.5 Å². The van der Waals surface area contributed by atoms with E-state index in [2.05, 4.69) is 9.98 Å². The van der Waals surface area contributed by atoms with Gasteiger partial charge in [0.15, 0.2) is 11.5 Å². The Labute approximate surface area is 92.2 Å². The number of hydrogen-bond donors (Lipinski definition) is 0. The fourth-order valence-corrected chi connectivity index (χ4v) is 2.06. The van der Waals surface area contributed by atoms with E-state index in [0.29, 0.717) is 11.5 Å². The van der Waals surface area contributed by atoms with E-state index in [0.717, 1.165) is 21.8 Å². The van der Waals surface area contributed by atoms with Gasteiger partial charge in [-0.1, -0.05) is 0 Å². The summed E-state index contributed by atoms with van der Waals surface area (Å²) >= 11 is 0. The van der Waals surface area contributed by atoms with Crippen LogP contribution in [-0.2, 0) is 0 Å². The molecule has 0 saturated heterocycles. The number of benzene rings is 1. The lowest BCUT2D eigenvalue weighted by Gasteiger charge is -2.10. The third kappa shape index (κ3) is 0.984. The molecule has 4 nitrogen and oxygen atoms in total. The molecule has 3 rings (SSSR count). The number of ether oxygens (including phenoxy) is 2. The maximum Gasteiger partial charge on any atom is 0.189 e. The molecule has 16 heavy (non-hydrogen) atoms. The molecule has 0 saturated carbocycles. The molecule has 1 aromatic carbocycles. The van der Waals surface area contributed by atoms with Crippen LogP contribution in [0.4, 0.5) is 0 Å². The largest absolute Gasteiger partial charge is 0.491 e. The zero-order valence-electron chi connectivity index (χ0n) is 9.02. The van der Waals surface area contributed by atoms with Crippen LogP contribution in [0.25, 0.3) is 12.2 Å². The first-order chi connectivity index (χ1) is 7.86. The van der Waals surface area contributed by atoms with Crippen LogP contribution in [0.3, 0.4) is 0 Å². The van der Waals surface area contributed by atoms with Crippen molar-refractivity contribution < 1.29 is 9.47 Å². The highest BCUT2D eigenvalue weighted by Crippen LogP contribution is 2.25. The van der Waals surface area contributed by atoms with Gasteiger partial charge in [0.2, 0.25) is 0 Å². The van der Waals surface area contributed by atoms with Gasteiger partial charge in [0.1, 0.15) is 10.7 Å². The van der Waals surface area contributed by atoms with Gasteiger partial charge in [-0.2, -0.15) is 0 Å². The predicted molar refractivity (Wildman–Crippen MR) is 59.9 cm³/mol. The summed E-state index contributed by atoms with van der Waals surface area (Å²) in [5, 5.41) is 1.64. The fraction of sp³-hybridized carbons (Fsp3) is 0.167. The average Bonchev–Trinajstić information content (AvgIpc) is 2.93. The summed E-state index contributed by atoms with van der Waals surface area (Å²) in [6, 6.07) is 0. The predicted octanol–water partition coefficient (Wildman–Crippen LogP) is 0.912. The molecule has 0 spiro atoms. The Morgan fingerprint density at radius 1 is 0.812 bits per heavy atom. The van der Waals surface area contributed by atoms with E-state index in [1.165, 1.54) is 0 Å². The number of rotatable bonds is 2. The fourth-order valence-electron chi connectivity index (χ4n) is 2.06. The number of hydrogen-bond acceptors (Lipinski definition) is 4. The van der Waals surface area contributed by atoms with E-state index in [1.807, 2.05) is 12.2 Å². The van der Waals surface area contributed by atoms with Crippen molar-refractivity contribution in [2.24, 2.45) is 9.98 Å². The summed E-state index contributed by atoms with van der Waals surface area (Å²) in [4.78, 5) is 8.59. The Hall–Kier alpha value is -2.10. The summed E-state index contributed by atoms with van der Waals surface area (Å²) in [7, 11) is 3.22. The van der Waals surface area contributed by atoms with E-state index >= 15 is 0 Å². The normalized spacial score (nSPS) is 14.1. The molecule has 0 atom stereocenters. The molecule has 4 heteroatoms. The van der Waals surface area contributed by atoms with E-state index in [4.69, 9.17) is 9.47 Å². The molecular weight excluding hydrogens is 204 g/mol. The zero-order valence-corrected chi connectivity index (χ0v) is 9.02. The van der Waals surface area contributed by atoms with Crippen LogP contribution in [0.1, 0.15) is 11.1 Å². The molecule has 1 aromatic rings. The van der Waals surface area contributed by atoms with Crippen molar-refractivity contribution in [1.29, 1.82) is 0 Å². The molecule has 0 aliphatic carbocycles. The molecular formula is C12H10N2O2. The van der Waals surface area contributed by atoms with Gasteiger partial charge in [-0.3, -0.25) is 9.98 Å². The van der Waals surface area contributed by atoms with Gasteiger partial charge in [0.25, 0.3) is 0 Å². The first-order valence-corrected chi connectivity index (χ1v) is 4.93. The highest BCUT2D eigenvalue weighted by molar-refractivity contribution is 5.72. The Morgan fingerprint density at radius 2 is 1.25 bits per heavy atom. The molecule has 0 bridgehead atoms. The van der Waals surface area contributed by atoms with Crippen LogP contribution in [0.5, 0.6) is 11.5 Å². The van der Waals surface area contributed by atoms with Crippen LogP contribution in [0, 0.1) is 0 Å². The lowest BCUT2D eigenvalue weighted by Crippen LogP contribution is -2.20. The molecule has 2 aliphatic heterocycles. The first-order valence-electron chi connectivity index (χ1n) is 4.93. The summed E-state index contributed by atoms with van der Waals surface area (Å²) < 4.78 is 10.7. The number of fused-ring (bicyclic) bond motifs is 3. The van der Waals surface area contributed by atoms with E-state index in [9.17, 15) is 0 Å². The van der Waals surface area contributed by atoms with Crippen LogP contribution in [0.2, 0.25) is 0 Å². The summed E-state index contributed by atoms with van der Waals surface area (Å²) in [5.41, 5.74) is 2.09. The topological polar surface area (TPSA) is 43.2 Å². The van der Waals surface area contributed by atoms with Gasteiger partial charge in [-0.05, 0) is 12.2 Å². The van der Waals surface area contributed by atoms with Gasteiger partial charge < -0.3 is 9.47 Å². The molecule has 0 amide bonds. The van der Waals surface area contributed by atoms with E-state index < -0.39 is 0 Å². The van der Waals surface area contributed by atoms with Crippen molar-refractivity contribution in [1.82, 2.24) is 0 Å². The third-order valence-corrected chi connectivity index (χ3v) is 2.73. The van der Waals surface area contributed by atoms with Gasteiger partial charge >= 0.3 is 0 Å². The number of nitrogens with zero attached hydrogens (tertiary/aromatic N) is 2. The second-order valence-electron chi connectivity index (χ2n) is 3.48. The lowest BCUT2D eigenvalue weighted by atomic mass is 10.1. The van der Waals surface area contributed by atoms with Gasteiger partial charge in [-0.25, -0.2) is 0 Å². The van der Waals surface area contributed by atoms with Crippen LogP contribution in [-0.4, -0.2) is 14.2 Å². The monoisotopic (exact) mass is 214 g/mol.